The minimum atomic E-state index is -4.64. The number of β-amino-alcohol motifs (C(OH)–C–C–N with tert-alkyl or cyclic N) is 1. The number of alkyl halides is 5. The van der Waals surface area contributed by atoms with E-state index >= 15 is 0 Å². The summed E-state index contributed by atoms with van der Waals surface area (Å²) in [6, 6.07) is 2.22. The van der Waals surface area contributed by atoms with Crippen LogP contribution in [0.25, 0.3) is 0 Å². The number of amides is 1. The van der Waals surface area contributed by atoms with Gasteiger partial charge in [-0.3, -0.25) is 9.69 Å². The van der Waals surface area contributed by atoms with Crippen molar-refractivity contribution in [3.05, 3.63) is 34.4 Å². The second-order valence-corrected chi connectivity index (χ2v) is 6.27. The summed E-state index contributed by atoms with van der Waals surface area (Å²) in [6.07, 6.45) is -6.48. The molecule has 1 N–H and O–H groups in total. The highest BCUT2D eigenvalue weighted by atomic mass is 19.4. The standard InChI is InChI=1S/C15H15F5N2O2/c1-21-5-10-9(13(21)24)2-8(3-11(10)15(18,19)20)4-22-6-12(23)14(16,17)7-22/h2-3,12,23H,4-7H2,1H3. The van der Waals surface area contributed by atoms with Crippen LogP contribution in [0.3, 0.4) is 0 Å². The third-order valence-electron chi connectivity index (χ3n) is 4.35. The van der Waals surface area contributed by atoms with Gasteiger partial charge in [-0.1, -0.05) is 0 Å². The summed E-state index contributed by atoms with van der Waals surface area (Å²) in [5.41, 5.74) is -0.937. The Bertz CT molecular complexity index is 689. The largest absolute Gasteiger partial charge is 0.416 e. The lowest BCUT2D eigenvalue weighted by molar-refractivity contribution is -0.138. The molecule has 1 atom stereocenters. The number of rotatable bonds is 2. The van der Waals surface area contributed by atoms with E-state index in [-0.39, 0.29) is 36.3 Å². The molecule has 1 amide bonds. The molecule has 3 rings (SSSR count). The summed E-state index contributed by atoms with van der Waals surface area (Å²) in [4.78, 5) is 14.4. The monoisotopic (exact) mass is 350 g/mol. The molecular weight excluding hydrogens is 335 g/mol. The number of benzene rings is 1. The molecule has 1 fully saturated rings. The van der Waals surface area contributed by atoms with E-state index in [1.807, 2.05) is 0 Å². The van der Waals surface area contributed by atoms with Crippen molar-refractivity contribution >= 4 is 5.91 Å². The van der Waals surface area contributed by atoms with E-state index in [9.17, 15) is 31.9 Å². The smallest absolute Gasteiger partial charge is 0.385 e. The predicted octanol–water partition coefficient (Wildman–Crippen LogP) is 2.10. The highest BCUT2D eigenvalue weighted by molar-refractivity contribution is 5.98. The van der Waals surface area contributed by atoms with Crippen LogP contribution in [0.4, 0.5) is 22.0 Å². The first-order valence-electron chi connectivity index (χ1n) is 7.26. The van der Waals surface area contributed by atoms with E-state index in [1.54, 1.807) is 0 Å². The predicted molar refractivity (Wildman–Crippen MR) is 73.5 cm³/mol. The number of hydrogen-bond acceptors (Lipinski definition) is 3. The van der Waals surface area contributed by atoms with Crippen LogP contribution in [-0.2, 0) is 19.3 Å². The number of aliphatic hydroxyl groups is 1. The zero-order valence-electron chi connectivity index (χ0n) is 12.7. The average molecular weight is 350 g/mol. The molecule has 9 heteroatoms. The van der Waals surface area contributed by atoms with E-state index in [2.05, 4.69) is 0 Å². The van der Waals surface area contributed by atoms with Gasteiger partial charge in [-0.2, -0.15) is 13.2 Å². The highest BCUT2D eigenvalue weighted by Crippen LogP contribution is 2.38. The molecule has 2 aliphatic heterocycles. The molecule has 0 aromatic heterocycles. The number of carbonyl (C=O) groups excluding carboxylic acids is 1. The lowest BCUT2D eigenvalue weighted by Crippen LogP contribution is -2.31. The van der Waals surface area contributed by atoms with Crippen LogP contribution in [0.5, 0.6) is 0 Å². The molecule has 0 saturated carbocycles. The van der Waals surface area contributed by atoms with Gasteiger partial charge in [0, 0.05) is 32.2 Å². The molecule has 0 bridgehead atoms. The first kappa shape index (κ1) is 17.1. The van der Waals surface area contributed by atoms with Gasteiger partial charge in [0.25, 0.3) is 11.8 Å². The van der Waals surface area contributed by atoms with Gasteiger partial charge < -0.3 is 10.0 Å². The lowest BCUT2D eigenvalue weighted by atomic mass is 9.98. The summed E-state index contributed by atoms with van der Waals surface area (Å²) >= 11 is 0. The molecule has 2 heterocycles. The van der Waals surface area contributed by atoms with Crippen molar-refractivity contribution < 1.29 is 31.9 Å². The maximum absolute atomic E-state index is 13.4. The van der Waals surface area contributed by atoms with Gasteiger partial charge in [-0.05, 0) is 23.3 Å². The van der Waals surface area contributed by atoms with E-state index in [0.717, 1.165) is 6.07 Å². The second kappa shape index (κ2) is 5.38. The summed E-state index contributed by atoms with van der Waals surface area (Å²) < 4.78 is 66.5. The second-order valence-electron chi connectivity index (χ2n) is 6.27. The number of fused-ring (bicyclic) bond motifs is 1. The molecule has 1 saturated heterocycles. The number of hydrogen-bond donors (Lipinski definition) is 1. The number of halogens is 5. The van der Waals surface area contributed by atoms with E-state index < -0.39 is 36.2 Å². The van der Waals surface area contributed by atoms with E-state index in [0.29, 0.717) is 0 Å². The average Bonchev–Trinajstić information content (AvgIpc) is 2.86. The molecule has 1 unspecified atom stereocenters. The zero-order valence-corrected chi connectivity index (χ0v) is 12.7. The Morgan fingerprint density at radius 3 is 2.54 bits per heavy atom. The molecule has 0 spiro atoms. The quantitative estimate of drug-likeness (QED) is 0.831. The van der Waals surface area contributed by atoms with Crippen molar-refractivity contribution in [3.8, 4) is 0 Å². The van der Waals surface area contributed by atoms with Crippen molar-refractivity contribution in [3.63, 3.8) is 0 Å². The molecule has 4 nitrogen and oxygen atoms in total. The zero-order chi connectivity index (χ0) is 17.9. The fourth-order valence-corrected chi connectivity index (χ4v) is 3.18. The molecule has 132 valence electrons. The molecule has 0 radical (unpaired) electrons. The van der Waals surface area contributed by atoms with E-state index in [4.69, 9.17) is 0 Å². The maximum Gasteiger partial charge on any atom is 0.416 e. The fraction of sp³-hybridized carbons (Fsp3) is 0.533. The molecule has 24 heavy (non-hydrogen) atoms. The van der Waals surface area contributed by atoms with Crippen molar-refractivity contribution in [1.82, 2.24) is 9.80 Å². The SMILES string of the molecule is CN1Cc2c(cc(CN3CC(O)C(F)(F)C3)cc2C(F)(F)F)C1=O. The van der Waals surface area contributed by atoms with Gasteiger partial charge in [-0.25, -0.2) is 8.78 Å². The van der Waals surface area contributed by atoms with Crippen LogP contribution in [-0.4, -0.2) is 53.0 Å². The van der Waals surface area contributed by atoms with Gasteiger partial charge in [-0.15, -0.1) is 0 Å². The molecule has 1 aromatic rings. The summed E-state index contributed by atoms with van der Waals surface area (Å²) in [7, 11) is 1.40. The third kappa shape index (κ3) is 2.86. The Morgan fingerprint density at radius 2 is 2.00 bits per heavy atom. The molecular formula is C15H15F5N2O2. The van der Waals surface area contributed by atoms with Crippen LogP contribution in [0.1, 0.15) is 27.0 Å². The van der Waals surface area contributed by atoms with Crippen molar-refractivity contribution in [2.24, 2.45) is 0 Å². The number of likely N-dealkylation sites (tertiary alicyclic amines) is 1. The van der Waals surface area contributed by atoms with Crippen LogP contribution in [0.2, 0.25) is 0 Å². The Balaban J connectivity index is 1.95. The van der Waals surface area contributed by atoms with Gasteiger partial charge in [0.1, 0.15) is 6.10 Å². The van der Waals surface area contributed by atoms with Gasteiger partial charge >= 0.3 is 6.18 Å². The van der Waals surface area contributed by atoms with Gasteiger partial charge in [0.2, 0.25) is 0 Å². The summed E-state index contributed by atoms with van der Waals surface area (Å²) in [5, 5.41) is 9.29. The van der Waals surface area contributed by atoms with Crippen LogP contribution in [0.15, 0.2) is 12.1 Å². The van der Waals surface area contributed by atoms with Gasteiger partial charge in [0.15, 0.2) is 0 Å². The van der Waals surface area contributed by atoms with E-state index in [1.165, 1.54) is 22.9 Å². The van der Waals surface area contributed by atoms with Crippen molar-refractivity contribution in [1.29, 1.82) is 0 Å². The van der Waals surface area contributed by atoms with Crippen LogP contribution in [0, 0.1) is 0 Å². The Hall–Kier alpha value is -1.74. The first-order chi connectivity index (χ1) is 11.0. The molecule has 2 aliphatic rings. The molecule has 0 aliphatic carbocycles. The maximum atomic E-state index is 13.4. The summed E-state index contributed by atoms with van der Waals surface area (Å²) in [6.45, 7) is -1.40. The van der Waals surface area contributed by atoms with Crippen LogP contribution >= 0.6 is 0 Å². The minimum Gasteiger partial charge on any atom is -0.385 e. The Kier molecular flexibility index (Phi) is 3.83. The third-order valence-corrected chi connectivity index (χ3v) is 4.35. The highest BCUT2D eigenvalue weighted by Gasteiger charge is 2.47. The summed E-state index contributed by atoms with van der Waals surface area (Å²) in [5.74, 6) is -3.82. The topological polar surface area (TPSA) is 43.8 Å². The molecule has 1 aromatic carbocycles. The first-order valence-corrected chi connectivity index (χ1v) is 7.26. The minimum absolute atomic E-state index is 0.0474. The Morgan fingerprint density at radius 1 is 1.33 bits per heavy atom. The number of carbonyl (C=O) groups is 1. The van der Waals surface area contributed by atoms with Crippen LogP contribution < -0.4 is 0 Å². The number of nitrogens with zero attached hydrogens (tertiary/aromatic N) is 2. The number of aliphatic hydroxyl groups excluding tert-OH is 1. The van der Waals surface area contributed by atoms with Crippen molar-refractivity contribution in [2.75, 3.05) is 20.1 Å². The lowest BCUT2D eigenvalue weighted by Gasteiger charge is -2.18. The normalized spacial score (nSPS) is 23.9. The van der Waals surface area contributed by atoms with Crippen molar-refractivity contribution in [2.45, 2.75) is 31.3 Å². The van der Waals surface area contributed by atoms with Gasteiger partial charge in [0.05, 0.1) is 12.1 Å². The Labute approximate surface area is 134 Å². The fourth-order valence-electron chi connectivity index (χ4n) is 3.18.